The lowest BCUT2D eigenvalue weighted by Crippen LogP contribution is -2.47. The Labute approximate surface area is 148 Å². The number of carbonyl (C=O) groups is 1. The summed E-state index contributed by atoms with van der Waals surface area (Å²) in [5, 5.41) is 0. The molecule has 0 saturated carbocycles. The van der Waals surface area contributed by atoms with Gasteiger partial charge in [0.1, 0.15) is 5.82 Å². The van der Waals surface area contributed by atoms with Gasteiger partial charge in [-0.25, -0.2) is 4.98 Å². The molecule has 1 aromatic heterocycles. The number of ether oxygens (including phenoxy) is 1. The van der Waals surface area contributed by atoms with Gasteiger partial charge in [0.15, 0.2) is 0 Å². The van der Waals surface area contributed by atoms with Gasteiger partial charge in [0, 0.05) is 43.5 Å². The van der Waals surface area contributed by atoms with Crippen LogP contribution in [0.3, 0.4) is 0 Å². The molecule has 1 amide bonds. The fourth-order valence-corrected chi connectivity index (χ4v) is 4.00. The van der Waals surface area contributed by atoms with Crippen LogP contribution in [0.4, 0.5) is 0 Å². The second-order valence-corrected chi connectivity index (χ2v) is 7.07. The van der Waals surface area contributed by atoms with Gasteiger partial charge in [-0.2, -0.15) is 0 Å². The highest BCUT2D eigenvalue weighted by atomic mass is 16.5. The second-order valence-electron chi connectivity index (χ2n) is 7.07. The zero-order chi connectivity index (χ0) is 18.0. The van der Waals surface area contributed by atoms with Crippen LogP contribution in [-0.2, 0) is 16.0 Å². The first-order valence-electron chi connectivity index (χ1n) is 9.15. The average molecular weight is 348 g/mol. The van der Waals surface area contributed by atoms with Crippen molar-refractivity contribution < 1.29 is 9.53 Å². The number of morpholine rings is 1. The minimum absolute atomic E-state index is 0.0217. The van der Waals surface area contributed by atoms with Crippen molar-refractivity contribution in [2.75, 3.05) is 39.4 Å². The van der Waals surface area contributed by atoms with Gasteiger partial charge >= 0.3 is 0 Å². The Hall–Kier alpha value is -1.73. The van der Waals surface area contributed by atoms with Gasteiger partial charge in [0.05, 0.1) is 19.6 Å². The number of rotatable bonds is 4. The van der Waals surface area contributed by atoms with E-state index in [0.29, 0.717) is 29.0 Å². The van der Waals surface area contributed by atoms with Crippen molar-refractivity contribution in [3.8, 4) is 0 Å². The van der Waals surface area contributed by atoms with E-state index >= 15 is 0 Å². The topological polar surface area (TPSA) is 78.5 Å². The third-order valence-electron chi connectivity index (χ3n) is 5.47. The zero-order valence-corrected chi connectivity index (χ0v) is 15.4. The lowest BCUT2D eigenvalue weighted by Gasteiger charge is -2.34. The fraction of sp³-hybridized carbons (Fsp3) is 0.722. The summed E-state index contributed by atoms with van der Waals surface area (Å²) in [5.74, 6) is 1.09. The molecule has 7 heteroatoms. The third-order valence-corrected chi connectivity index (χ3v) is 5.47. The van der Waals surface area contributed by atoms with E-state index in [4.69, 9.17) is 4.74 Å². The van der Waals surface area contributed by atoms with Gasteiger partial charge in [-0.05, 0) is 19.8 Å². The molecule has 0 aromatic carbocycles. The number of nitrogens with one attached hydrogen (secondary N) is 1. The first kappa shape index (κ1) is 18.1. The SMILES string of the molecule is CC[C@@H]1CN(C(=O)Cc2c(C)nc(C)[nH]c2=O)C[C@H]1N1CCOCC1. The van der Waals surface area contributed by atoms with Gasteiger partial charge < -0.3 is 14.6 Å². The van der Waals surface area contributed by atoms with Crippen LogP contribution in [0.25, 0.3) is 0 Å². The molecule has 2 saturated heterocycles. The molecule has 7 nitrogen and oxygen atoms in total. The molecule has 1 N–H and O–H groups in total. The molecule has 1 aromatic rings. The highest BCUT2D eigenvalue weighted by Gasteiger charge is 2.38. The molecule has 0 unspecified atom stereocenters. The Morgan fingerprint density at radius 2 is 2.00 bits per heavy atom. The van der Waals surface area contributed by atoms with E-state index < -0.39 is 0 Å². The van der Waals surface area contributed by atoms with Crippen molar-refractivity contribution in [1.29, 1.82) is 0 Å². The minimum atomic E-state index is -0.200. The summed E-state index contributed by atoms with van der Waals surface area (Å²) < 4.78 is 5.45. The molecule has 25 heavy (non-hydrogen) atoms. The van der Waals surface area contributed by atoms with Gasteiger partial charge in [-0.15, -0.1) is 0 Å². The molecule has 138 valence electrons. The number of aromatic amines is 1. The smallest absolute Gasteiger partial charge is 0.254 e. The predicted molar refractivity (Wildman–Crippen MR) is 94.6 cm³/mol. The predicted octanol–water partition coefficient (Wildman–Crippen LogP) is 0.498. The van der Waals surface area contributed by atoms with Crippen LogP contribution in [0, 0.1) is 19.8 Å². The molecule has 0 bridgehead atoms. The molecule has 0 aliphatic carbocycles. The molecule has 2 atom stereocenters. The summed E-state index contributed by atoms with van der Waals surface area (Å²) in [7, 11) is 0. The normalized spacial score (nSPS) is 24.7. The van der Waals surface area contributed by atoms with E-state index in [1.807, 2.05) is 4.90 Å². The van der Waals surface area contributed by atoms with Crippen molar-refractivity contribution in [2.45, 2.75) is 39.7 Å². The lowest BCUT2D eigenvalue weighted by molar-refractivity contribution is -0.129. The molecule has 2 fully saturated rings. The summed E-state index contributed by atoms with van der Waals surface area (Å²) in [6.45, 7) is 10.6. The second kappa shape index (κ2) is 7.66. The number of H-pyrrole nitrogens is 1. The van der Waals surface area contributed by atoms with E-state index in [0.717, 1.165) is 45.8 Å². The quantitative estimate of drug-likeness (QED) is 0.857. The number of hydrogen-bond donors (Lipinski definition) is 1. The van der Waals surface area contributed by atoms with Crippen molar-refractivity contribution in [2.24, 2.45) is 5.92 Å². The fourth-order valence-electron chi connectivity index (χ4n) is 4.00. The van der Waals surface area contributed by atoms with E-state index in [1.54, 1.807) is 13.8 Å². The van der Waals surface area contributed by atoms with Gasteiger partial charge in [-0.1, -0.05) is 13.3 Å². The highest BCUT2D eigenvalue weighted by Crippen LogP contribution is 2.26. The molecular formula is C18H28N4O3. The molecule has 0 radical (unpaired) electrons. The Morgan fingerprint density at radius 1 is 1.28 bits per heavy atom. The standard InChI is InChI=1S/C18H28N4O3/c1-4-14-10-22(11-16(14)21-5-7-25-8-6-21)17(23)9-15-12(2)19-13(3)20-18(15)24/h14,16H,4-11H2,1-3H3,(H,19,20,24)/t14-,16-/m1/s1. The Balaban J connectivity index is 1.70. The maximum atomic E-state index is 12.8. The van der Waals surface area contributed by atoms with Crippen LogP contribution in [0.15, 0.2) is 4.79 Å². The summed E-state index contributed by atoms with van der Waals surface area (Å²) >= 11 is 0. The number of aryl methyl sites for hydroxylation is 2. The van der Waals surface area contributed by atoms with Crippen LogP contribution >= 0.6 is 0 Å². The Morgan fingerprint density at radius 3 is 2.64 bits per heavy atom. The highest BCUT2D eigenvalue weighted by molar-refractivity contribution is 5.79. The summed E-state index contributed by atoms with van der Waals surface area (Å²) in [6.07, 6.45) is 1.18. The number of likely N-dealkylation sites (tertiary alicyclic amines) is 1. The van der Waals surface area contributed by atoms with Gasteiger partial charge in [0.2, 0.25) is 5.91 Å². The maximum absolute atomic E-state index is 12.8. The molecule has 2 aliphatic rings. The van der Waals surface area contributed by atoms with Crippen LogP contribution in [0.2, 0.25) is 0 Å². The Kier molecular flexibility index (Phi) is 5.54. The summed E-state index contributed by atoms with van der Waals surface area (Å²) in [5.41, 5.74) is 0.929. The number of aromatic nitrogens is 2. The van der Waals surface area contributed by atoms with Crippen molar-refractivity contribution in [1.82, 2.24) is 19.8 Å². The molecule has 3 rings (SSSR count). The zero-order valence-electron chi connectivity index (χ0n) is 15.4. The summed E-state index contributed by atoms with van der Waals surface area (Å²) in [6, 6.07) is 0.397. The molecule has 3 heterocycles. The number of nitrogens with zero attached hydrogens (tertiary/aromatic N) is 3. The van der Waals surface area contributed by atoms with E-state index in [-0.39, 0.29) is 17.9 Å². The van der Waals surface area contributed by atoms with Crippen LogP contribution in [-0.4, -0.2) is 71.1 Å². The maximum Gasteiger partial charge on any atom is 0.254 e. The summed E-state index contributed by atoms with van der Waals surface area (Å²) in [4.78, 5) is 36.3. The van der Waals surface area contributed by atoms with Crippen molar-refractivity contribution in [3.63, 3.8) is 0 Å². The van der Waals surface area contributed by atoms with E-state index in [2.05, 4.69) is 21.8 Å². The lowest BCUT2D eigenvalue weighted by atomic mass is 9.99. The largest absolute Gasteiger partial charge is 0.379 e. The Bertz CT molecular complexity index is 681. The van der Waals surface area contributed by atoms with E-state index in [1.165, 1.54) is 0 Å². The number of hydrogen-bond acceptors (Lipinski definition) is 5. The monoisotopic (exact) mass is 348 g/mol. The van der Waals surface area contributed by atoms with Crippen LogP contribution in [0.5, 0.6) is 0 Å². The molecule has 0 spiro atoms. The number of carbonyl (C=O) groups excluding carboxylic acids is 1. The van der Waals surface area contributed by atoms with Crippen molar-refractivity contribution in [3.05, 3.63) is 27.4 Å². The first-order valence-corrected chi connectivity index (χ1v) is 9.15. The third kappa shape index (κ3) is 3.93. The first-order chi connectivity index (χ1) is 12.0. The number of amides is 1. The van der Waals surface area contributed by atoms with Crippen LogP contribution in [0.1, 0.15) is 30.4 Å². The minimum Gasteiger partial charge on any atom is -0.379 e. The van der Waals surface area contributed by atoms with Gasteiger partial charge in [0.25, 0.3) is 5.56 Å². The van der Waals surface area contributed by atoms with E-state index in [9.17, 15) is 9.59 Å². The average Bonchev–Trinajstić information content (AvgIpc) is 3.03. The molecular weight excluding hydrogens is 320 g/mol. The van der Waals surface area contributed by atoms with Crippen molar-refractivity contribution >= 4 is 5.91 Å². The van der Waals surface area contributed by atoms with Gasteiger partial charge in [-0.3, -0.25) is 14.5 Å². The molecule has 2 aliphatic heterocycles. The van der Waals surface area contributed by atoms with Crippen LogP contribution < -0.4 is 5.56 Å².